The smallest absolute Gasteiger partial charge is 0.247 e. The molecule has 1 nitrogen and oxygen atoms in total. The van der Waals surface area contributed by atoms with Gasteiger partial charge in [-0.1, -0.05) is 41.6 Å². The number of rotatable bonds is 2. The lowest BCUT2D eigenvalue weighted by molar-refractivity contribution is -0.137. The van der Waals surface area contributed by atoms with E-state index in [1.54, 1.807) is 0 Å². The molecule has 0 aliphatic rings. The summed E-state index contributed by atoms with van der Waals surface area (Å²) in [6.45, 7) is 0. The molecule has 6 heteroatoms. The van der Waals surface area contributed by atoms with Crippen LogP contribution in [0.5, 0.6) is 0 Å². The Balaban J connectivity index is 2.26. The first-order valence-electron chi connectivity index (χ1n) is 4.92. The van der Waals surface area contributed by atoms with Gasteiger partial charge in [0.15, 0.2) is 0 Å². The number of benzene rings is 1. The average molecular weight is 290 g/mol. The molecule has 1 heterocycles. The van der Waals surface area contributed by atoms with Crippen molar-refractivity contribution in [3.8, 4) is 0 Å². The fourth-order valence-corrected chi connectivity index (χ4v) is 2.32. The van der Waals surface area contributed by atoms with Crippen molar-refractivity contribution in [1.82, 2.24) is 4.98 Å². The van der Waals surface area contributed by atoms with Crippen LogP contribution < -0.4 is 0 Å². The molecule has 1 aromatic heterocycles. The van der Waals surface area contributed by atoms with Gasteiger partial charge >= 0.3 is 6.18 Å². The Morgan fingerprint density at radius 3 is 2.33 bits per heavy atom. The summed E-state index contributed by atoms with van der Waals surface area (Å²) in [5, 5.41) is 0.356. The molecular formula is C12H7ClF3NS. The van der Waals surface area contributed by atoms with E-state index < -0.39 is 11.7 Å². The van der Waals surface area contributed by atoms with Crippen LogP contribution in [0.2, 0.25) is 5.02 Å². The number of hydrogen-bond donors (Lipinski definition) is 0. The van der Waals surface area contributed by atoms with Crippen LogP contribution in [-0.2, 0) is 6.18 Å². The zero-order valence-electron chi connectivity index (χ0n) is 8.91. The normalized spacial score (nSPS) is 11.6. The maximum Gasteiger partial charge on any atom is 0.417 e. The molecular weight excluding hydrogens is 283 g/mol. The summed E-state index contributed by atoms with van der Waals surface area (Å²) in [5.41, 5.74) is -0.843. The quantitative estimate of drug-likeness (QED) is 0.779. The monoisotopic (exact) mass is 289 g/mol. The van der Waals surface area contributed by atoms with Crippen LogP contribution in [0.1, 0.15) is 5.56 Å². The predicted molar refractivity (Wildman–Crippen MR) is 64.8 cm³/mol. The second-order valence-electron chi connectivity index (χ2n) is 3.42. The third kappa shape index (κ3) is 3.17. The zero-order valence-corrected chi connectivity index (χ0v) is 10.5. The maximum absolute atomic E-state index is 12.4. The van der Waals surface area contributed by atoms with E-state index in [-0.39, 0.29) is 5.02 Å². The van der Waals surface area contributed by atoms with E-state index in [9.17, 15) is 13.2 Å². The molecule has 0 bridgehead atoms. The fourth-order valence-electron chi connectivity index (χ4n) is 1.26. The van der Waals surface area contributed by atoms with E-state index >= 15 is 0 Å². The van der Waals surface area contributed by atoms with E-state index in [4.69, 9.17) is 11.6 Å². The van der Waals surface area contributed by atoms with E-state index in [1.807, 2.05) is 30.3 Å². The molecule has 0 saturated heterocycles. The van der Waals surface area contributed by atoms with Crippen molar-refractivity contribution in [2.24, 2.45) is 0 Å². The SMILES string of the molecule is FC(F)(F)c1cnc(Sc2ccccc2)c(Cl)c1. The molecule has 0 atom stereocenters. The van der Waals surface area contributed by atoms with Gasteiger partial charge in [0, 0.05) is 11.1 Å². The van der Waals surface area contributed by atoms with Gasteiger partial charge < -0.3 is 0 Å². The summed E-state index contributed by atoms with van der Waals surface area (Å²) in [4.78, 5) is 4.62. The summed E-state index contributed by atoms with van der Waals surface area (Å²) < 4.78 is 37.3. The van der Waals surface area contributed by atoms with Gasteiger partial charge in [-0.2, -0.15) is 13.2 Å². The van der Waals surface area contributed by atoms with Crippen LogP contribution in [0.15, 0.2) is 52.5 Å². The summed E-state index contributed by atoms with van der Waals surface area (Å²) in [6.07, 6.45) is -3.64. The largest absolute Gasteiger partial charge is 0.417 e. The lowest BCUT2D eigenvalue weighted by Gasteiger charge is -2.08. The van der Waals surface area contributed by atoms with Crippen LogP contribution in [-0.4, -0.2) is 4.98 Å². The standard InChI is InChI=1S/C12H7ClF3NS/c13-10-6-8(12(14,15)16)7-17-11(10)18-9-4-2-1-3-5-9/h1-7H. The summed E-state index contributed by atoms with van der Waals surface area (Å²) in [6, 6.07) is 10.1. The Bertz CT molecular complexity index is 543. The minimum atomic E-state index is -4.42. The lowest BCUT2D eigenvalue weighted by Crippen LogP contribution is -2.05. The first kappa shape index (κ1) is 13.2. The van der Waals surface area contributed by atoms with Crippen molar-refractivity contribution < 1.29 is 13.2 Å². The molecule has 0 saturated carbocycles. The highest BCUT2D eigenvalue weighted by Crippen LogP contribution is 2.35. The Kier molecular flexibility index (Phi) is 3.82. The zero-order chi connectivity index (χ0) is 13.2. The van der Waals surface area contributed by atoms with Crippen molar-refractivity contribution >= 4 is 23.4 Å². The van der Waals surface area contributed by atoms with Gasteiger partial charge in [-0.05, 0) is 18.2 Å². The van der Waals surface area contributed by atoms with Crippen molar-refractivity contribution in [1.29, 1.82) is 0 Å². The third-order valence-electron chi connectivity index (χ3n) is 2.09. The second kappa shape index (κ2) is 5.20. The molecule has 0 fully saturated rings. The Labute approximate surface area is 111 Å². The second-order valence-corrected chi connectivity index (χ2v) is 4.89. The molecule has 2 rings (SSSR count). The molecule has 0 aliphatic carbocycles. The first-order chi connectivity index (χ1) is 8.47. The molecule has 18 heavy (non-hydrogen) atoms. The van der Waals surface area contributed by atoms with Gasteiger partial charge in [0.1, 0.15) is 5.03 Å². The molecule has 2 aromatic rings. The highest BCUT2D eigenvalue weighted by atomic mass is 35.5. The highest BCUT2D eigenvalue weighted by Gasteiger charge is 2.31. The molecule has 0 amide bonds. The van der Waals surface area contributed by atoms with Crippen LogP contribution in [0.4, 0.5) is 13.2 Å². The molecule has 0 unspecified atom stereocenters. The third-order valence-corrected chi connectivity index (χ3v) is 3.52. The summed E-state index contributed by atoms with van der Waals surface area (Å²) in [5.74, 6) is 0. The lowest BCUT2D eigenvalue weighted by atomic mass is 10.3. The van der Waals surface area contributed by atoms with Crippen LogP contribution in [0.25, 0.3) is 0 Å². The van der Waals surface area contributed by atoms with Crippen molar-refractivity contribution in [3.63, 3.8) is 0 Å². The number of aromatic nitrogens is 1. The van der Waals surface area contributed by atoms with Gasteiger partial charge in [-0.25, -0.2) is 4.98 Å². The van der Waals surface area contributed by atoms with Crippen molar-refractivity contribution in [2.45, 2.75) is 16.1 Å². The van der Waals surface area contributed by atoms with Crippen LogP contribution >= 0.6 is 23.4 Å². The number of nitrogens with zero attached hydrogens (tertiary/aromatic N) is 1. The van der Waals surface area contributed by atoms with Gasteiger partial charge in [-0.3, -0.25) is 0 Å². The molecule has 0 radical (unpaired) electrons. The highest BCUT2D eigenvalue weighted by molar-refractivity contribution is 7.99. The minimum absolute atomic E-state index is 0.00122. The minimum Gasteiger partial charge on any atom is -0.247 e. The Hall–Kier alpha value is -1.20. The summed E-state index contributed by atoms with van der Waals surface area (Å²) >= 11 is 7.03. The maximum atomic E-state index is 12.4. The topological polar surface area (TPSA) is 12.9 Å². The van der Waals surface area contributed by atoms with Gasteiger partial charge in [0.2, 0.25) is 0 Å². The number of pyridine rings is 1. The average Bonchev–Trinajstić information content (AvgIpc) is 2.32. The molecule has 1 aromatic carbocycles. The number of alkyl halides is 3. The van der Waals surface area contributed by atoms with Crippen molar-refractivity contribution in [2.75, 3.05) is 0 Å². The van der Waals surface area contributed by atoms with Gasteiger partial charge in [0.05, 0.1) is 10.6 Å². The Morgan fingerprint density at radius 2 is 1.78 bits per heavy atom. The van der Waals surface area contributed by atoms with Crippen molar-refractivity contribution in [3.05, 3.63) is 53.2 Å². The predicted octanol–water partition coefficient (Wildman–Crippen LogP) is 4.91. The first-order valence-corrected chi connectivity index (χ1v) is 6.12. The van der Waals surface area contributed by atoms with E-state index in [1.165, 1.54) is 11.8 Å². The number of hydrogen-bond acceptors (Lipinski definition) is 2. The summed E-state index contributed by atoms with van der Waals surface area (Å²) in [7, 11) is 0. The molecule has 0 N–H and O–H groups in total. The van der Waals surface area contributed by atoms with E-state index in [2.05, 4.69) is 4.98 Å². The van der Waals surface area contributed by atoms with Gasteiger partial charge in [0.25, 0.3) is 0 Å². The van der Waals surface area contributed by atoms with Crippen LogP contribution in [0.3, 0.4) is 0 Å². The van der Waals surface area contributed by atoms with Gasteiger partial charge in [-0.15, -0.1) is 0 Å². The Morgan fingerprint density at radius 1 is 1.11 bits per heavy atom. The van der Waals surface area contributed by atoms with Crippen LogP contribution in [0, 0.1) is 0 Å². The fraction of sp³-hybridized carbons (Fsp3) is 0.0833. The van der Waals surface area contributed by atoms with E-state index in [0.29, 0.717) is 5.03 Å². The van der Waals surface area contributed by atoms with E-state index in [0.717, 1.165) is 17.2 Å². The molecule has 94 valence electrons. The molecule has 0 spiro atoms. The molecule has 0 aliphatic heterocycles. The number of halogens is 4.